The molecule has 0 saturated carbocycles. The molecule has 1 saturated heterocycles. The molecule has 1 heterocycles. The van der Waals surface area contributed by atoms with E-state index in [1.165, 1.54) is 23.5 Å². The molecule has 0 spiro atoms. The summed E-state index contributed by atoms with van der Waals surface area (Å²) in [4.78, 5) is 22.1. The molecular formula is C11H14Cl3NO5S3. The average molecular weight is 443 g/mol. The van der Waals surface area contributed by atoms with E-state index in [0.29, 0.717) is 9.28 Å². The number of thiocarbonyl (C=S) groups is 1. The van der Waals surface area contributed by atoms with Crippen molar-refractivity contribution in [3.05, 3.63) is 0 Å². The van der Waals surface area contributed by atoms with Gasteiger partial charge < -0.3 is 19.9 Å². The third-order valence-electron chi connectivity index (χ3n) is 2.64. The molecule has 2 N–H and O–H groups in total. The Hall–Kier alpha value is 0.360. The van der Waals surface area contributed by atoms with Crippen LogP contribution in [0.15, 0.2) is 0 Å². The number of amides is 1. The maximum absolute atomic E-state index is 11.7. The number of nitrogens with one attached hydrogen (secondary N) is 1. The van der Waals surface area contributed by atoms with Crippen LogP contribution in [0.1, 0.15) is 6.92 Å². The fourth-order valence-electron chi connectivity index (χ4n) is 1.59. The van der Waals surface area contributed by atoms with E-state index in [-0.39, 0.29) is 17.9 Å². The van der Waals surface area contributed by atoms with Crippen molar-refractivity contribution < 1.29 is 24.2 Å². The van der Waals surface area contributed by atoms with Gasteiger partial charge in [-0.3, -0.25) is 4.79 Å². The molecule has 23 heavy (non-hydrogen) atoms. The SMILES string of the molecule is CC(OC(=O)OC(Cl)C(Cl)Cl)[C@H]1C(=O)N[C@@H]1SC(=S)SCCO. The predicted octanol–water partition coefficient (Wildman–Crippen LogP) is 2.71. The van der Waals surface area contributed by atoms with Crippen LogP contribution in [0, 0.1) is 5.92 Å². The number of aliphatic hydroxyl groups is 1. The van der Waals surface area contributed by atoms with Crippen molar-refractivity contribution >= 4 is 86.1 Å². The Balaban J connectivity index is 2.47. The number of carbonyl (C=O) groups excluding carboxylic acids is 2. The number of thioether (sulfide) groups is 2. The maximum Gasteiger partial charge on any atom is 0.510 e. The Kier molecular flexibility index (Phi) is 9.65. The molecule has 12 heteroatoms. The summed E-state index contributed by atoms with van der Waals surface area (Å²) in [6, 6.07) is 0. The highest BCUT2D eigenvalue weighted by molar-refractivity contribution is 8.47. The number of carbonyl (C=O) groups is 2. The summed E-state index contributed by atoms with van der Waals surface area (Å²) in [5, 5.41) is 11.1. The lowest BCUT2D eigenvalue weighted by Gasteiger charge is -2.38. The summed E-state index contributed by atoms with van der Waals surface area (Å²) in [6.07, 6.45) is -1.81. The highest BCUT2D eigenvalue weighted by Gasteiger charge is 2.46. The number of rotatable bonds is 7. The summed E-state index contributed by atoms with van der Waals surface area (Å²) >= 11 is 24.2. The summed E-state index contributed by atoms with van der Waals surface area (Å²) < 4.78 is 10.2. The largest absolute Gasteiger partial charge is 0.510 e. The number of halogens is 3. The van der Waals surface area contributed by atoms with Crippen molar-refractivity contribution in [3.8, 4) is 0 Å². The topological polar surface area (TPSA) is 84.9 Å². The molecule has 1 aliphatic rings. The second-order valence-electron chi connectivity index (χ2n) is 4.27. The minimum Gasteiger partial charge on any atom is -0.430 e. The first-order valence-electron chi connectivity index (χ1n) is 6.30. The van der Waals surface area contributed by atoms with Crippen molar-refractivity contribution in [3.63, 3.8) is 0 Å². The molecule has 0 radical (unpaired) electrons. The van der Waals surface area contributed by atoms with Crippen LogP contribution in [-0.4, -0.2) is 54.9 Å². The van der Waals surface area contributed by atoms with E-state index in [1.54, 1.807) is 6.92 Å². The van der Waals surface area contributed by atoms with E-state index in [9.17, 15) is 9.59 Å². The van der Waals surface area contributed by atoms with Gasteiger partial charge >= 0.3 is 6.16 Å². The lowest BCUT2D eigenvalue weighted by atomic mass is 9.96. The number of hydrogen-bond donors (Lipinski definition) is 2. The first kappa shape index (κ1) is 21.4. The number of β-lactam (4-membered cyclic amide) rings is 1. The monoisotopic (exact) mass is 441 g/mol. The van der Waals surface area contributed by atoms with E-state index in [2.05, 4.69) is 10.1 Å². The third kappa shape index (κ3) is 7.01. The van der Waals surface area contributed by atoms with Crippen LogP contribution in [0.4, 0.5) is 4.79 Å². The molecule has 6 nitrogen and oxygen atoms in total. The van der Waals surface area contributed by atoms with Gasteiger partial charge in [-0.05, 0) is 6.92 Å². The molecular weight excluding hydrogens is 429 g/mol. The molecule has 1 fully saturated rings. The smallest absolute Gasteiger partial charge is 0.430 e. The van der Waals surface area contributed by atoms with E-state index in [4.69, 9.17) is 56.9 Å². The van der Waals surface area contributed by atoms with E-state index < -0.39 is 28.6 Å². The highest BCUT2D eigenvalue weighted by Crippen LogP contribution is 2.33. The molecule has 1 amide bonds. The number of ether oxygens (including phenoxy) is 2. The van der Waals surface area contributed by atoms with Gasteiger partial charge in [0.05, 0.1) is 12.0 Å². The molecule has 0 aromatic rings. The Labute approximate surface area is 162 Å². The van der Waals surface area contributed by atoms with Gasteiger partial charge in [0.15, 0.2) is 4.84 Å². The standard InChI is InChI=1S/C11H14Cl3NO5S3/c1-4(19-10(18)20-7(14)6(12)13)5-8(17)15-9(5)23-11(21)22-3-2-16/h4-7,9,16H,2-3H2,1H3,(H,15,17)/t4?,5-,7?,9+/m0/s1. The van der Waals surface area contributed by atoms with Gasteiger partial charge in [-0.2, -0.15) is 0 Å². The zero-order chi connectivity index (χ0) is 17.6. The highest BCUT2D eigenvalue weighted by atomic mass is 35.5. The number of hydrogen-bond acceptors (Lipinski definition) is 8. The second-order valence-corrected chi connectivity index (χ2v) is 9.31. The van der Waals surface area contributed by atoms with E-state index >= 15 is 0 Å². The summed E-state index contributed by atoms with van der Waals surface area (Å²) in [7, 11) is 0. The quantitative estimate of drug-likeness (QED) is 0.269. The van der Waals surface area contributed by atoms with Gasteiger partial charge in [-0.1, -0.05) is 58.8 Å². The van der Waals surface area contributed by atoms with Crippen LogP contribution in [-0.2, 0) is 14.3 Å². The molecule has 0 bridgehead atoms. The fourth-order valence-corrected chi connectivity index (χ4v) is 4.29. The number of aliphatic hydroxyl groups excluding tert-OH is 1. The van der Waals surface area contributed by atoms with Gasteiger partial charge in [0.1, 0.15) is 15.6 Å². The molecule has 2 unspecified atom stereocenters. The predicted molar refractivity (Wildman–Crippen MR) is 97.3 cm³/mol. The zero-order valence-electron chi connectivity index (χ0n) is 11.7. The van der Waals surface area contributed by atoms with Crippen LogP contribution >= 0.6 is 70.5 Å². The Morgan fingerprint density at radius 1 is 1.43 bits per heavy atom. The Morgan fingerprint density at radius 3 is 2.61 bits per heavy atom. The van der Waals surface area contributed by atoms with Crippen molar-refractivity contribution in [2.24, 2.45) is 5.92 Å². The lowest BCUT2D eigenvalue weighted by molar-refractivity contribution is -0.137. The van der Waals surface area contributed by atoms with Crippen molar-refractivity contribution in [1.29, 1.82) is 0 Å². The van der Waals surface area contributed by atoms with E-state index in [1.807, 2.05) is 0 Å². The molecule has 1 rings (SSSR count). The molecule has 1 aliphatic heterocycles. The first-order chi connectivity index (χ1) is 10.8. The summed E-state index contributed by atoms with van der Waals surface area (Å²) in [5.74, 6) is -0.352. The van der Waals surface area contributed by atoms with Crippen LogP contribution in [0.5, 0.6) is 0 Å². The molecule has 0 aliphatic carbocycles. The second kappa shape index (κ2) is 10.4. The molecule has 132 valence electrons. The molecule has 0 aromatic carbocycles. The van der Waals surface area contributed by atoms with Gasteiger partial charge in [0.2, 0.25) is 11.5 Å². The van der Waals surface area contributed by atoms with Crippen LogP contribution < -0.4 is 5.32 Å². The normalized spacial score (nSPS) is 22.8. The Morgan fingerprint density at radius 2 is 2.09 bits per heavy atom. The first-order valence-corrected chi connectivity index (χ1v) is 9.88. The summed E-state index contributed by atoms with van der Waals surface area (Å²) in [6.45, 7) is 1.57. The average Bonchev–Trinajstić information content (AvgIpc) is 2.43. The van der Waals surface area contributed by atoms with Crippen molar-refractivity contribution in [1.82, 2.24) is 5.32 Å². The molecule has 0 aromatic heterocycles. The third-order valence-corrected chi connectivity index (χ3v) is 6.46. The minimum absolute atomic E-state index is 0.0128. The zero-order valence-corrected chi connectivity index (χ0v) is 16.5. The van der Waals surface area contributed by atoms with Gasteiger partial charge in [-0.25, -0.2) is 4.79 Å². The molecule has 4 atom stereocenters. The lowest BCUT2D eigenvalue weighted by Crippen LogP contribution is -2.61. The van der Waals surface area contributed by atoms with Gasteiger partial charge in [0.25, 0.3) is 0 Å². The van der Waals surface area contributed by atoms with Crippen LogP contribution in [0.2, 0.25) is 0 Å². The van der Waals surface area contributed by atoms with Crippen molar-refractivity contribution in [2.45, 2.75) is 28.8 Å². The maximum atomic E-state index is 11.7. The minimum atomic E-state index is -1.25. The Bertz CT molecular complexity index is 457. The van der Waals surface area contributed by atoms with Gasteiger partial charge in [0, 0.05) is 5.75 Å². The van der Waals surface area contributed by atoms with E-state index in [0.717, 1.165) is 0 Å². The number of alkyl halides is 3. The van der Waals surface area contributed by atoms with Gasteiger partial charge in [-0.15, -0.1) is 11.8 Å². The van der Waals surface area contributed by atoms with Crippen LogP contribution in [0.3, 0.4) is 0 Å². The van der Waals surface area contributed by atoms with Crippen molar-refractivity contribution in [2.75, 3.05) is 12.4 Å². The fraction of sp³-hybridized carbons (Fsp3) is 0.727. The van der Waals surface area contributed by atoms with Crippen LogP contribution in [0.25, 0.3) is 0 Å². The summed E-state index contributed by atoms with van der Waals surface area (Å²) in [5.41, 5.74) is -1.25.